The number of aryl methyl sites for hydroxylation is 1. The highest BCUT2D eigenvalue weighted by Crippen LogP contribution is 2.43. The lowest BCUT2D eigenvalue weighted by atomic mass is 10.0. The second-order valence-electron chi connectivity index (χ2n) is 8.99. The maximum Gasteiger partial charge on any atom is 0.113 e. The van der Waals surface area contributed by atoms with E-state index in [1.54, 1.807) is 34.8 Å². The van der Waals surface area contributed by atoms with Gasteiger partial charge < -0.3 is 10.3 Å². The van der Waals surface area contributed by atoms with Crippen molar-refractivity contribution in [1.29, 1.82) is 10.5 Å². The third-order valence-electron chi connectivity index (χ3n) is 6.54. The molecule has 0 unspecified atom stereocenters. The minimum Gasteiger partial charge on any atom is -0.397 e. The monoisotopic (exact) mass is 593 g/mol. The number of aromatic nitrogens is 3. The number of nitriles is 2. The lowest BCUT2D eigenvalue weighted by Crippen LogP contribution is -1.94. The summed E-state index contributed by atoms with van der Waals surface area (Å²) in [4.78, 5) is 1.95. The molecule has 2 aromatic carbocycles. The first-order valence-electron chi connectivity index (χ1n) is 12.3. The van der Waals surface area contributed by atoms with E-state index in [-0.39, 0.29) is 0 Å². The van der Waals surface area contributed by atoms with E-state index in [1.165, 1.54) is 0 Å². The number of benzene rings is 2. The van der Waals surface area contributed by atoms with Crippen LogP contribution in [0.4, 0.5) is 11.4 Å². The van der Waals surface area contributed by atoms with Crippen molar-refractivity contribution in [1.82, 2.24) is 13.3 Å². The van der Waals surface area contributed by atoms with Gasteiger partial charge >= 0.3 is 0 Å². The fourth-order valence-corrected chi connectivity index (χ4v) is 7.90. The van der Waals surface area contributed by atoms with Gasteiger partial charge in [-0.05, 0) is 42.8 Å². The smallest absolute Gasteiger partial charge is 0.113 e. The molecule has 0 atom stereocenters. The van der Waals surface area contributed by atoms with Gasteiger partial charge in [-0.1, -0.05) is 31.2 Å². The van der Waals surface area contributed by atoms with E-state index in [9.17, 15) is 10.5 Å². The van der Waals surface area contributed by atoms with Gasteiger partial charge in [0.2, 0.25) is 0 Å². The highest BCUT2D eigenvalue weighted by Gasteiger charge is 2.18. The molecule has 0 amide bonds. The predicted octanol–water partition coefficient (Wildman–Crippen LogP) is 8.40. The minimum absolute atomic E-state index is 0.441. The number of nitrogen functional groups attached to an aromatic ring is 1. The first-order valence-corrected chi connectivity index (χ1v) is 15.0. The Labute approximate surface area is 247 Å². The number of hydrogen-bond acceptors (Lipinski definition) is 10. The van der Waals surface area contributed by atoms with Gasteiger partial charge in [0, 0.05) is 39.9 Å². The summed E-state index contributed by atoms with van der Waals surface area (Å²) in [5.41, 5.74) is 13.2. The average Bonchev–Trinajstić information content (AvgIpc) is 3.74. The molecule has 11 heteroatoms. The van der Waals surface area contributed by atoms with Crippen LogP contribution in [0.25, 0.3) is 54.8 Å². The first-order chi connectivity index (χ1) is 19.6. The summed E-state index contributed by atoms with van der Waals surface area (Å²) in [6.07, 6.45) is 4.78. The van der Waals surface area contributed by atoms with Crippen LogP contribution in [0, 0.1) is 22.7 Å². The zero-order chi connectivity index (χ0) is 27.8. The number of nitrogens with two attached hydrogens (primary N) is 1. The van der Waals surface area contributed by atoms with Crippen molar-refractivity contribution in [2.24, 2.45) is 4.36 Å². The molecule has 0 aliphatic carbocycles. The molecular weight excluding hydrogens is 575 g/mol. The Morgan fingerprint density at radius 2 is 1.60 bits per heavy atom. The fourth-order valence-electron chi connectivity index (χ4n) is 4.79. The summed E-state index contributed by atoms with van der Waals surface area (Å²) < 4.78 is 17.2. The topological polar surface area (TPSA) is 117 Å². The van der Waals surface area contributed by atoms with Crippen molar-refractivity contribution < 1.29 is 0 Å². The molecule has 0 radical (unpaired) electrons. The molecule has 0 spiro atoms. The zero-order valence-electron chi connectivity index (χ0n) is 21.1. The zero-order valence-corrected chi connectivity index (χ0v) is 24.3. The normalized spacial score (nSPS) is 12.3. The average molecular weight is 594 g/mol. The number of anilines is 1. The summed E-state index contributed by atoms with van der Waals surface area (Å²) in [5, 5.41) is 20.0. The van der Waals surface area contributed by atoms with Crippen LogP contribution in [0.3, 0.4) is 0 Å². The van der Waals surface area contributed by atoms with E-state index in [4.69, 9.17) is 18.2 Å². The van der Waals surface area contributed by atoms with Gasteiger partial charge in [0.25, 0.3) is 0 Å². The van der Waals surface area contributed by atoms with Crippen LogP contribution in [0.2, 0.25) is 0 Å². The Bertz CT molecular complexity index is 2090. The summed E-state index contributed by atoms with van der Waals surface area (Å²) in [5.74, 6) is 0. The number of allylic oxidation sites excluding steroid dienone is 2. The molecule has 2 N–H and O–H groups in total. The molecular formula is C29H19N7S4. The Kier molecular flexibility index (Phi) is 6.96. The lowest BCUT2D eigenvalue weighted by molar-refractivity contribution is 0.724. The van der Waals surface area contributed by atoms with Gasteiger partial charge in [-0.25, -0.2) is 0 Å². The van der Waals surface area contributed by atoms with Crippen LogP contribution in [0.15, 0.2) is 52.9 Å². The molecule has 7 nitrogen and oxygen atoms in total. The number of rotatable bonds is 7. The summed E-state index contributed by atoms with van der Waals surface area (Å²) in [6.45, 7) is 3.01. The molecule has 0 bridgehead atoms. The number of fused-ring (bicyclic) bond motifs is 4. The summed E-state index contributed by atoms with van der Waals surface area (Å²) in [6, 6.07) is 20.0. The minimum atomic E-state index is 0.441. The van der Waals surface area contributed by atoms with Gasteiger partial charge in [-0.15, -0.1) is 22.7 Å². The Morgan fingerprint density at radius 3 is 2.23 bits per heavy atom. The Balaban J connectivity index is 1.47. The molecule has 0 aliphatic rings. The molecule has 194 valence electrons. The van der Waals surface area contributed by atoms with Gasteiger partial charge in [0.05, 0.1) is 61.1 Å². The third kappa shape index (κ3) is 4.39. The molecule has 0 fully saturated rings. The van der Waals surface area contributed by atoms with Crippen molar-refractivity contribution in [2.45, 2.75) is 19.9 Å². The van der Waals surface area contributed by atoms with Crippen LogP contribution in [0.1, 0.15) is 34.2 Å². The van der Waals surface area contributed by atoms with Crippen molar-refractivity contribution in [3.05, 3.63) is 69.4 Å². The molecule has 0 aliphatic heterocycles. The van der Waals surface area contributed by atoms with Gasteiger partial charge in [-0.2, -0.15) is 23.6 Å². The standard InChI is InChI=1S/C29H19N7S4/c1-2-9-36-24-12-18(10-16(14-30)20-5-3-7-22(32)26(20)33-37)38-28(24)29-25(36)13-19(39-29)11-17(15-31)21-6-4-8-23-27(21)35-40-34-23/h3-8,10-13H,2,9,32H2,1H3/b16-10+,17-11+. The van der Waals surface area contributed by atoms with Gasteiger partial charge in [0.15, 0.2) is 0 Å². The maximum absolute atomic E-state index is 10.0. The van der Waals surface area contributed by atoms with E-state index in [2.05, 4.69) is 48.9 Å². The second-order valence-corrected chi connectivity index (χ2v) is 11.9. The molecule has 4 aromatic heterocycles. The van der Waals surface area contributed by atoms with Crippen LogP contribution >= 0.6 is 34.4 Å². The Morgan fingerprint density at radius 1 is 0.975 bits per heavy atom. The number of hydrogen-bond donors (Lipinski definition) is 1. The lowest BCUT2D eigenvalue weighted by Gasteiger charge is -2.05. The maximum atomic E-state index is 10.0. The van der Waals surface area contributed by atoms with E-state index >= 15 is 0 Å². The van der Waals surface area contributed by atoms with E-state index in [0.29, 0.717) is 28.1 Å². The van der Waals surface area contributed by atoms with Crippen molar-refractivity contribution >= 4 is 113 Å². The molecule has 0 saturated carbocycles. The van der Waals surface area contributed by atoms with Crippen molar-refractivity contribution in [3.63, 3.8) is 0 Å². The molecule has 40 heavy (non-hydrogen) atoms. The number of nitrogens with zero attached hydrogens (tertiary/aromatic N) is 6. The first kappa shape index (κ1) is 26.0. The van der Waals surface area contributed by atoms with Crippen LogP contribution in [-0.4, -0.2) is 13.3 Å². The van der Waals surface area contributed by atoms with E-state index in [1.807, 2.05) is 36.4 Å². The Hall–Kier alpha value is -4.26. The quantitative estimate of drug-likeness (QED) is 0.147. The van der Waals surface area contributed by atoms with Crippen molar-refractivity contribution in [3.8, 4) is 12.1 Å². The van der Waals surface area contributed by atoms with E-state index in [0.717, 1.165) is 71.5 Å². The second kappa shape index (κ2) is 10.7. The summed E-state index contributed by atoms with van der Waals surface area (Å²) >= 11 is 9.38. The van der Waals surface area contributed by atoms with Gasteiger partial charge in [-0.3, -0.25) is 0 Å². The highest BCUT2D eigenvalue weighted by molar-refractivity contribution is 7.47. The molecule has 0 saturated heterocycles. The van der Waals surface area contributed by atoms with Crippen LogP contribution < -0.4 is 5.73 Å². The SMILES string of the molecule is CCCn1c2cc(/C=C(\C#N)c3cccc(N)c3N=S)sc2c2sc(/C=C(\C#N)c3cccc4nsnc34)cc21. The molecule has 6 aromatic rings. The highest BCUT2D eigenvalue weighted by atomic mass is 32.1. The van der Waals surface area contributed by atoms with Crippen molar-refractivity contribution in [2.75, 3.05) is 5.73 Å². The molecule has 6 rings (SSSR count). The third-order valence-corrected chi connectivity index (χ3v) is 9.57. The van der Waals surface area contributed by atoms with Crippen LogP contribution in [0.5, 0.6) is 0 Å². The van der Waals surface area contributed by atoms with Crippen LogP contribution in [-0.2, 0) is 19.0 Å². The molecule has 4 heterocycles. The van der Waals surface area contributed by atoms with E-state index < -0.39 is 0 Å². The summed E-state index contributed by atoms with van der Waals surface area (Å²) in [7, 11) is 0. The van der Waals surface area contributed by atoms with Gasteiger partial charge in [0.1, 0.15) is 16.7 Å². The number of thiophene rings is 2. The fraction of sp³-hybridized carbons (Fsp3) is 0.103. The largest absolute Gasteiger partial charge is 0.397 e. The predicted molar refractivity (Wildman–Crippen MR) is 170 cm³/mol.